The molecule has 1 aromatic carbocycles. The van der Waals surface area contributed by atoms with Crippen molar-refractivity contribution in [3.63, 3.8) is 0 Å². The van der Waals surface area contributed by atoms with Crippen LogP contribution in [-0.2, 0) is 16.1 Å². The monoisotopic (exact) mass is 357 g/mol. The fraction of sp³-hybridized carbons (Fsp3) is 0.222. The van der Waals surface area contributed by atoms with Crippen LogP contribution in [0, 0.1) is 5.92 Å². The molecule has 1 amide bonds. The fourth-order valence-corrected chi connectivity index (χ4v) is 2.55. The third kappa shape index (κ3) is 4.03. The molecule has 2 heterocycles. The summed E-state index contributed by atoms with van der Waals surface area (Å²) in [5, 5.41) is 6.26. The number of carbonyl (C=O) groups is 1. The van der Waals surface area contributed by atoms with Gasteiger partial charge in [-0.3, -0.25) is 9.78 Å². The Labute approximate surface area is 150 Å². The van der Waals surface area contributed by atoms with E-state index >= 15 is 0 Å². The first kappa shape index (κ1) is 17.1. The number of nitrogens with zero attached hydrogens (tertiary/aromatic N) is 3. The minimum absolute atomic E-state index is 0.176. The average Bonchev–Trinajstić information content (AvgIpc) is 2.93. The number of benzene rings is 1. The molecule has 0 spiro atoms. The van der Waals surface area contributed by atoms with Gasteiger partial charge in [0.05, 0.1) is 12.3 Å². The molecule has 1 aliphatic rings. The van der Waals surface area contributed by atoms with Crippen LogP contribution in [0.4, 0.5) is 5.69 Å². The van der Waals surface area contributed by atoms with E-state index in [0.29, 0.717) is 29.8 Å². The van der Waals surface area contributed by atoms with Crippen LogP contribution in [0.3, 0.4) is 0 Å². The van der Waals surface area contributed by atoms with Gasteiger partial charge in [-0.05, 0) is 43.3 Å². The third-order valence-corrected chi connectivity index (χ3v) is 3.87. The predicted molar refractivity (Wildman–Crippen MR) is 96.5 cm³/mol. The number of ether oxygens (including phenoxy) is 1. The Morgan fingerprint density at radius 1 is 1.32 bits per heavy atom. The average molecular weight is 358 g/mol. The van der Waals surface area contributed by atoms with Crippen molar-refractivity contribution in [3.05, 3.63) is 59.4 Å². The van der Waals surface area contributed by atoms with Gasteiger partial charge in [-0.25, -0.2) is 4.99 Å². The van der Waals surface area contributed by atoms with Crippen LogP contribution in [0.5, 0.6) is 0 Å². The fourth-order valence-electron chi connectivity index (χ4n) is 2.42. The number of hydrogen-bond donors (Lipinski definition) is 1. The molecule has 0 aliphatic carbocycles. The summed E-state index contributed by atoms with van der Waals surface area (Å²) in [6.45, 7) is 2.86. The van der Waals surface area contributed by atoms with Gasteiger partial charge in [0.1, 0.15) is 0 Å². The Hall–Kier alpha value is -2.73. The number of anilines is 1. The Kier molecular flexibility index (Phi) is 5.40. The molecule has 1 atom stereocenters. The van der Waals surface area contributed by atoms with Crippen molar-refractivity contribution >= 4 is 35.3 Å². The van der Waals surface area contributed by atoms with Gasteiger partial charge in [-0.2, -0.15) is 5.01 Å². The van der Waals surface area contributed by atoms with Gasteiger partial charge in [0.15, 0.2) is 18.7 Å². The summed E-state index contributed by atoms with van der Waals surface area (Å²) >= 11 is 5.90. The van der Waals surface area contributed by atoms with Crippen LogP contribution in [-0.4, -0.2) is 29.6 Å². The number of carbonyl (C=O) groups excluding carboxylic acids is 1. The van der Waals surface area contributed by atoms with Crippen LogP contribution < -0.4 is 10.0 Å². The normalized spacial score (nSPS) is 17.2. The first-order chi connectivity index (χ1) is 12.2. The summed E-state index contributed by atoms with van der Waals surface area (Å²) in [5.74, 6) is -0.377. The topological polar surface area (TPSA) is 68.8 Å². The standard InChI is InChI=1S/C18H17ClN4O2/c1-2-25-17-16(12-21-11-13-4-3-9-20-10-13)18(24)23(22-17)15-7-5-14(19)6-8-15/h3-10,12,16H,2,11H2,1H3/p+1/t16-/m0/s1. The first-order valence-electron chi connectivity index (χ1n) is 7.95. The van der Waals surface area contributed by atoms with Crippen molar-refractivity contribution in [2.75, 3.05) is 11.6 Å². The molecule has 0 saturated carbocycles. The lowest BCUT2D eigenvalue weighted by molar-refractivity contribution is -0.471. The molecule has 25 heavy (non-hydrogen) atoms. The van der Waals surface area contributed by atoms with Crippen molar-refractivity contribution in [2.24, 2.45) is 11.0 Å². The number of amides is 1. The van der Waals surface area contributed by atoms with Crippen LogP contribution in [0.15, 0.2) is 53.9 Å². The van der Waals surface area contributed by atoms with Gasteiger partial charge in [0.2, 0.25) is 5.90 Å². The van der Waals surface area contributed by atoms with Gasteiger partial charge in [0.25, 0.3) is 5.91 Å². The number of rotatable bonds is 5. The summed E-state index contributed by atoms with van der Waals surface area (Å²) in [5.41, 5.74) is 1.67. The first-order valence-corrected chi connectivity index (χ1v) is 8.33. The molecule has 7 heteroatoms. The molecule has 3 rings (SSSR count). The molecule has 128 valence electrons. The zero-order valence-electron chi connectivity index (χ0n) is 13.7. The quantitative estimate of drug-likeness (QED) is 0.822. The summed E-state index contributed by atoms with van der Waals surface area (Å²) in [4.78, 5) is 19.9. The second-order valence-electron chi connectivity index (χ2n) is 5.38. The highest BCUT2D eigenvalue weighted by Gasteiger charge is 2.39. The van der Waals surface area contributed by atoms with Crippen molar-refractivity contribution < 1.29 is 14.5 Å². The van der Waals surface area contributed by atoms with E-state index in [9.17, 15) is 4.79 Å². The maximum atomic E-state index is 12.7. The lowest BCUT2D eigenvalue weighted by Gasteiger charge is -2.11. The molecule has 0 unspecified atom stereocenters. The van der Waals surface area contributed by atoms with E-state index in [-0.39, 0.29) is 5.91 Å². The van der Waals surface area contributed by atoms with Crippen molar-refractivity contribution in [2.45, 2.75) is 13.5 Å². The van der Waals surface area contributed by atoms with Gasteiger partial charge >= 0.3 is 0 Å². The molecule has 0 fully saturated rings. The van der Waals surface area contributed by atoms with E-state index in [2.05, 4.69) is 15.1 Å². The second-order valence-corrected chi connectivity index (χ2v) is 5.82. The van der Waals surface area contributed by atoms with Gasteiger partial charge in [-0.1, -0.05) is 11.6 Å². The van der Waals surface area contributed by atoms with E-state index in [4.69, 9.17) is 16.3 Å². The van der Waals surface area contributed by atoms with Gasteiger partial charge < -0.3 is 4.74 Å². The highest BCUT2D eigenvalue weighted by atomic mass is 35.5. The maximum absolute atomic E-state index is 12.7. The van der Waals surface area contributed by atoms with Gasteiger partial charge in [0, 0.05) is 23.0 Å². The highest BCUT2D eigenvalue weighted by molar-refractivity contribution is 6.30. The van der Waals surface area contributed by atoms with E-state index < -0.39 is 5.92 Å². The smallest absolute Gasteiger partial charge is 0.270 e. The van der Waals surface area contributed by atoms with E-state index in [1.165, 1.54) is 5.01 Å². The van der Waals surface area contributed by atoms with Crippen molar-refractivity contribution in [3.8, 4) is 0 Å². The molecular formula is C18H18ClN4O2+. The summed E-state index contributed by atoms with van der Waals surface area (Å²) in [6, 6.07) is 10.8. The van der Waals surface area contributed by atoms with E-state index in [0.717, 1.165) is 5.56 Å². The number of hydrazone groups is 1. The van der Waals surface area contributed by atoms with E-state index in [1.54, 1.807) is 42.9 Å². The van der Waals surface area contributed by atoms with Gasteiger partial charge in [-0.15, -0.1) is 5.10 Å². The van der Waals surface area contributed by atoms with E-state index in [1.807, 2.05) is 19.1 Å². The zero-order valence-corrected chi connectivity index (χ0v) is 14.5. The molecule has 0 saturated heterocycles. The molecule has 2 aromatic rings. The lowest BCUT2D eigenvalue weighted by Crippen LogP contribution is -2.69. The van der Waals surface area contributed by atoms with Crippen molar-refractivity contribution in [1.82, 2.24) is 4.98 Å². The van der Waals surface area contributed by atoms with Crippen LogP contribution in [0.25, 0.3) is 0 Å². The van der Waals surface area contributed by atoms with Crippen LogP contribution in [0.1, 0.15) is 12.5 Å². The summed E-state index contributed by atoms with van der Waals surface area (Å²) in [6.07, 6.45) is 5.20. The molecular weight excluding hydrogens is 340 g/mol. The largest absolute Gasteiger partial charge is 0.479 e. The highest BCUT2D eigenvalue weighted by Crippen LogP contribution is 2.24. The Balaban J connectivity index is 1.77. The van der Waals surface area contributed by atoms with Crippen LogP contribution in [0.2, 0.25) is 5.02 Å². The summed E-state index contributed by atoms with van der Waals surface area (Å²) in [7, 11) is 0. The SMILES string of the molecule is CCOC1=NN(c2ccc(Cl)cc2)C(=O)[C@H]1C=[NH+]Cc1cccnc1. The third-order valence-electron chi connectivity index (χ3n) is 3.62. The summed E-state index contributed by atoms with van der Waals surface area (Å²) < 4.78 is 5.54. The number of aromatic nitrogens is 1. The predicted octanol–water partition coefficient (Wildman–Crippen LogP) is 1.40. The number of pyridine rings is 1. The van der Waals surface area contributed by atoms with Crippen molar-refractivity contribution in [1.29, 1.82) is 0 Å². The number of nitrogens with one attached hydrogen (secondary N) is 1. The number of halogens is 1. The Morgan fingerprint density at radius 2 is 2.12 bits per heavy atom. The zero-order chi connectivity index (χ0) is 17.6. The lowest BCUT2D eigenvalue weighted by atomic mass is 10.1. The second kappa shape index (κ2) is 7.90. The Morgan fingerprint density at radius 3 is 2.80 bits per heavy atom. The minimum atomic E-state index is -0.577. The molecule has 1 aromatic heterocycles. The molecule has 0 radical (unpaired) electrons. The molecule has 1 N–H and O–H groups in total. The number of hydrogen-bond acceptors (Lipinski definition) is 4. The Bertz CT molecular complexity index is 790. The molecule has 1 aliphatic heterocycles. The molecule has 0 bridgehead atoms. The van der Waals surface area contributed by atoms with Crippen LogP contribution >= 0.6 is 11.6 Å². The molecule has 6 nitrogen and oxygen atoms in total. The maximum Gasteiger partial charge on any atom is 0.270 e. The minimum Gasteiger partial charge on any atom is -0.479 e.